The van der Waals surface area contributed by atoms with Crippen molar-refractivity contribution in [2.45, 2.75) is 12.5 Å². The number of phenolic OH excluding ortho intramolecular Hbond substituents is 1. The van der Waals surface area contributed by atoms with Gasteiger partial charge in [0.25, 0.3) is 5.91 Å². The van der Waals surface area contributed by atoms with Crippen LogP contribution in [0.1, 0.15) is 12.5 Å². The van der Waals surface area contributed by atoms with Crippen molar-refractivity contribution in [1.82, 2.24) is 0 Å². The molecule has 1 amide bonds. The molecule has 0 bridgehead atoms. The smallest absolute Gasteiger partial charge is 0.254 e. The third kappa shape index (κ3) is 1.70. The minimum Gasteiger partial charge on any atom is -0.508 e. The number of aromatic hydroxyl groups is 1. The first kappa shape index (κ1) is 10.5. The first-order chi connectivity index (χ1) is 6.50. The van der Waals surface area contributed by atoms with Crippen LogP contribution in [0.25, 0.3) is 0 Å². The molecule has 0 unspecified atom stereocenters. The van der Waals surface area contributed by atoms with Crippen molar-refractivity contribution in [3.8, 4) is 5.75 Å². The Hall–Kier alpha value is -1.55. The largest absolute Gasteiger partial charge is 0.508 e. The van der Waals surface area contributed by atoms with Gasteiger partial charge >= 0.3 is 0 Å². The fourth-order valence-electron chi connectivity index (χ4n) is 1.14. The molecular weight excluding hydrogens is 182 g/mol. The van der Waals surface area contributed by atoms with Crippen molar-refractivity contribution in [3.05, 3.63) is 29.8 Å². The van der Waals surface area contributed by atoms with Gasteiger partial charge in [-0.05, 0) is 24.6 Å². The predicted octanol–water partition coefficient (Wildman–Crippen LogP) is 0.739. The summed E-state index contributed by atoms with van der Waals surface area (Å²) in [6.07, 6.45) is 0. The van der Waals surface area contributed by atoms with Gasteiger partial charge in [0.2, 0.25) is 0 Å². The Morgan fingerprint density at radius 1 is 1.43 bits per heavy atom. The number of benzene rings is 1. The highest BCUT2D eigenvalue weighted by Gasteiger charge is 2.32. The van der Waals surface area contributed by atoms with Crippen molar-refractivity contribution in [3.63, 3.8) is 0 Å². The molecule has 0 aromatic heterocycles. The maximum Gasteiger partial charge on any atom is 0.254 e. The fourth-order valence-corrected chi connectivity index (χ4v) is 1.14. The van der Waals surface area contributed by atoms with E-state index in [0.717, 1.165) is 0 Å². The Morgan fingerprint density at radius 3 is 2.29 bits per heavy atom. The lowest BCUT2D eigenvalue weighted by Crippen LogP contribution is -2.40. The van der Waals surface area contributed by atoms with E-state index in [0.29, 0.717) is 5.56 Å². The summed E-state index contributed by atoms with van der Waals surface area (Å²) in [4.78, 5) is 11.2. The second-order valence-corrected chi connectivity index (χ2v) is 3.15. The van der Waals surface area contributed by atoms with Gasteiger partial charge in [-0.1, -0.05) is 12.1 Å². The number of nitrogens with two attached hydrogens (primary N) is 1. The number of carbonyl (C=O) groups excluding carboxylic acids is 1. The van der Waals surface area contributed by atoms with Crippen LogP contribution in [0.5, 0.6) is 5.75 Å². The van der Waals surface area contributed by atoms with Crippen molar-refractivity contribution in [2.75, 3.05) is 7.11 Å². The van der Waals surface area contributed by atoms with Gasteiger partial charge in [-0.3, -0.25) is 4.79 Å². The quantitative estimate of drug-likeness (QED) is 0.747. The molecule has 1 rings (SSSR count). The molecule has 0 aliphatic carbocycles. The zero-order valence-corrected chi connectivity index (χ0v) is 8.15. The molecule has 0 spiro atoms. The normalized spacial score (nSPS) is 14.7. The van der Waals surface area contributed by atoms with E-state index in [9.17, 15) is 4.79 Å². The molecule has 0 radical (unpaired) electrons. The van der Waals surface area contributed by atoms with Crippen LogP contribution in [0, 0.1) is 0 Å². The Bertz CT molecular complexity index is 334. The maximum absolute atomic E-state index is 11.2. The van der Waals surface area contributed by atoms with Crippen LogP contribution in [-0.2, 0) is 15.1 Å². The minimum absolute atomic E-state index is 0.136. The van der Waals surface area contributed by atoms with Crippen LogP contribution in [0.4, 0.5) is 0 Å². The summed E-state index contributed by atoms with van der Waals surface area (Å²) in [6.45, 7) is 1.59. The van der Waals surface area contributed by atoms with Gasteiger partial charge in [-0.2, -0.15) is 0 Å². The van der Waals surface area contributed by atoms with Crippen LogP contribution in [0.2, 0.25) is 0 Å². The predicted molar refractivity (Wildman–Crippen MR) is 51.7 cm³/mol. The Balaban J connectivity index is 3.13. The minimum atomic E-state index is -1.15. The lowest BCUT2D eigenvalue weighted by Gasteiger charge is -2.24. The van der Waals surface area contributed by atoms with Gasteiger partial charge in [0.1, 0.15) is 5.75 Å². The van der Waals surface area contributed by atoms with Gasteiger partial charge in [0.15, 0.2) is 5.60 Å². The van der Waals surface area contributed by atoms with E-state index in [-0.39, 0.29) is 5.75 Å². The van der Waals surface area contributed by atoms with E-state index < -0.39 is 11.5 Å². The molecule has 4 nitrogen and oxygen atoms in total. The summed E-state index contributed by atoms with van der Waals surface area (Å²) in [7, 11) is 1.41. The van der Waals surface area contributed by atoms with Crippen LogP contribution in [0.15, 0.2) is 24.3 Å². The molecule has 0 aliphatic rings. The summed E-state index contributed by atoms with van der Waals surface area (Å²) >= 11 is 0. The summed E-state index contributed by atoms with van der Waals surface area (Å²) in [5.74, 6) is -0.428. The lowest BCUT2D eigenvalue weighted by molar-refractivity contribution is -0.139. The van der Waals surface area contributed by atoms with E-state index in [1.54, 1.807) is 19.1 Å². The summed E-state index contributed by atoms with van der Waals surface area (Å²) in [5.41, 5.74) is 4.70. The number of amides is 1. The highest BCUT2D eigenvalue weighted by molar-refractivity contribution is 5.84. The average molecular weight is 195 g/mol. The average Bonchev–Trinajstić information content (AvgIpc) is 2.17. The third-order valence-electron chi connectivity index (χ3n) is 2.30. The van der Waals surface area contributed by atoms with E-state index in [1.165, 1.54) is 19.2 Å². The zero-order chi connectivity index (χ0) is 10.8. The van der Waals surface area contributed by atoms with Gasteiger partial charge < -0.3 is 15.6 Å². The van der Waals surface area contributed by atoms with Crippen LogP contribution in [0.3, 0.4) is 0 Å². The number of rotatable bonds is 3. The number of ether oxygens (including phenoxy) is 1. The molecule has 4 heteroatoms. The zero-order valence-electron chi connectivity index (χ0n) is 8.15. The van der Waals surface area contributed by atoms with Gasteiger partial charge in [-0.25, -0.2) is 0 Å². The first-order valence-corrected chi connectivity index (χ1v) is 4.15. The van der Waals surface area contributed by atoms with Gasteiger partial charge in [-0.15, -0.1) is 0 Å². The molecular formula is C10H13NO3. The van der Waals surface area contributed by atoms with E-state index in [2.05, 4.69) is 0 Å². The van der Waals surface area contributed by atoms with Crippen molar-refractivity contribution >= 4 is 5.91 Å². The summed E-state index contributed by atoms with van der Waals surface area (Å²) in [5, 5.41) is 9.08. The third-order valence-corrected chi connectivity index (χ3v) is 2.30. The van der Waals surface area contributed by atoms with E-state index in [1.807, 2.05) is 0 Å². The van der Waals surface area contributed by atoms with Crippen molar-refractivity contribution < 1.29 is 14.6 Å². The van der Waals surface area contributed by atoms with Crippen molar-refractivity contribution in [2.24, 2.45) is 5.73 Å². The highest BCUT2D eigenvalue weighted by Crippen LogP contribution is 2.25. The lowest BCUT2D eigenvalue weighted by atomic mass is 9.95. The number of hydrogen-bond donors (Lipinski definition) is 2. The number of hydrogen-bond acceptors (Lipinski definition) is 3. The van der Waals surface area contributed by atoms with Crippen molar-refractivity contribution in [1.29, 1.82) is 0 Å². The SMILES string of the molecule is CO[C@](C)(C(N)=O)c1ccc(O)cc1. The summed E-state index contributed by atoms with van der Waals surface area (Å²) < 4.78 is 5.07. The van der Waals surface area contributed by atoms with Gasteiger partial charge in [0, 0.05) is 7.11 Å². The molecule has 0 fully saturated rings. The highest BCUT2D eigenvalue weighted by atomic mass is 16.5. The van der Waals surface area contributed by atoms with Gasteiger partial charge in [0.05, 0.1) is 0 Å². The number of carbonyl (C=O) groups is 1. The van der Waals surface area contributed by atoms with Crippen LogP contribution in [-0.4, -0.2) is 18.1 Å². The molecule has 0 saturated carbocycles. The number of phenols is 1. The summed E-state index contributed by atoms with van der Waals surface area (Å²) in [6, 6.07) is 6.16. The monoisotopic (exact) mass is 195 g/mol. The molecule has 14 heavy (non-hydrogen) atoms. The second-order valence-electron chi connectivity index (χ2n) is 3.15. The number of methoxy groups -OCH3 is 1. The topological polar surface area (TPSA) is 72.5 Å². The van der Waals surface area contributed by atoms with E-state index >= 15 is 0 Å². The Morgan fingerprint density at radius 2 is 1.93 bits per heavy atom. The van der Waals surface area contributed by atoms with Crippen LogP contribution < -0.4 is 5.73 Å². The molecule has 1 aromatic rings. The Kier molecular flexibility index (Phi) is 2.76. The molecule has 1 aromatic carbocycles. The molecule has 1 atom stereocenters. The molecule has 3 N–H and O–H groups in total. The molecule has 0 aliphatic heterocycles. The van der Waals surface area contributed by atoms with E-state index in [4.69, 9.17) is 15.6 Å². The van der Waals surface area contributed by atoms with Crippen LogP contribution >= 0.6 is 0 Å². The molecule has 0 heterocycles. The fraction of sp³-hybridized carbons (Fsp3) is 0.300. The Labute approximate surface area is 82.3 Å². The molecule has 76 valence electrons. The number of primary amides is 1. The standard InChI is InChI=1S/C10H13NO3/c1-10(14-2,9(11)13)7-3-5-8(12)6-4-7/h3-6,12H,1-2H3,(H2,11,13)/t10-/m0/s1. The second kappa shape index (κ2) is 3.67. The maximum atomic E-state index is 11.2. The molecule has 0 saturated heterocycles. The first-order valence-electron chi connectivity index (χ1n) is 4.15.